The molecule has 63 heavy (non-hydrogen) atoms. The molecule has 1 unspecified atom stereocenters. The molecule has 9 rings (SSSR count). The predicted molar refractivity (Wildman–Crippen MR) is 241 cm³/mol. The van der Waals surface area contributed by atoms with Crippen molar-refractivity contribution in [2.45, 2.75) is 59.7 Å². The van der Waals surface area contributed by atoms with Crippen LogP contribution >= 0.6 is 0 Å². The molecule has 0 aromatic heterocycles. The Bertz CT molecular complexity index is 2260. The third-order valence-corrected chi connectivity index (χ3v) is 10.1. The summed E-state index contributed by atoms with van der Waals surface area (Å²) in [6.07, 6.45) is -1.37. The van der Waals surface area contributed by atoms with E-state index in [1.807, 2.05) is 0 Å². The van der Waals surface area contributed by atoms with Crippen molar-refractivity contribution in [2.24, 2.45) is 0 Å². The first-order chi connectivity index (χ1) is 27.4. The zero-order valence-corrected chi connectivity index (χ0v) is 33.9. The molecule has 3 aliphatic heterocycles. The molecule has 0 bridgehead atoms. The third kappa shape index (κ3) is 12.6. The van der Waals surface area contributed by atoms with Crippen molar-refractivity contribution in [1.82, 2.24) is 0 Å². The van der Waals surface area contributed by atoms with Gasteiger partial charge in [0.1, 0.15) is 58.4 Å². The van der Waals surface area contributed by atoms with Crippen LogP contribution in [-0.2, 0) is 0 Å². The molecule has 14 heteroatoms. The van der Waals surface area contributed by atoms with Crippen molar-refractivity contribution in [1.29, 1.82) is 0 Å². The van der Waals surface area contributed by atoms with Crippen LogP contribution in [0.25, 0.3) is 0 Å². The Morgan fingerprint density at radius 1 is 0.429 bits per heavy atom. The normalized spacial score (nSPS) is 18.3. The number of ketones is 1. The minimum Gasteiger partial charge on any atom is -1.00 e. The number of carbonyl (C=O) groups is 1. The predicted octanol–water partition coefficient (Wildman–Crippen LogP) is 6.35. The third-order valence-electron chi connectivity index (χ3n) is 10.1. The van der Waals surface area contributed by atoms with E-state index < -0.39 is 12.2 Å². The van der Waals surface area contributed by atoms with Gasteiger partial charge in [-0.05, 0) is 89.5 Å². The molecule has 0 fully saturated rings. The van der Waals surface area contributed by atoms with Gasteiger partial charge in [-0.1, -0.05) is 66.1 Å². The molecule has 6 aromatic rings. The van der Waals surface area contributed by atoms with E-state index in [0.29, 0.717) is 47.2 Å². The molecule has 3 radical (unpaired) electrons. The second-order valence-electron chi connectivity index (χ2n) is 13.9. The van der Waals surface area contributed by atoms with E-state index in [4.69, 9.17) is 14.2 Å². The van der Waals surface area contributed by atoms with Crippen LogP contribution in [0.1, 0.15) is 99.3 Å². The minimum atomic E-state index is -0.686. The number of Topliss-reactive ketones (excluding diaryl/α,β-unsaturated/α-hetero) is 1. The van der Waals surface area contributed by atoms with E-state index in [-0.39, 0.29) is 134 Å². The summed E-state index contributed by atoms with van der Waals surface area (Å²) >= 11 is 0. The summed E-state index contributed by atoms with van der Waals surface area (Å²) in [5.74, 6) is 1.54. The van der Waals surface area contributed by atoms with E-state index in [1.165, 1.54) is 36.4 Å². The monoisotopic (exact) mass is 871 g/mol. The fourth-order valence-electron chi connectivity index (χ4n) is 6.98. The van der Waals surface area contributed by atoms with E-state index in [0.717, 1.165) is 16.7 Å². The minimum absolute atomic E-state index is 0. The number of carbonyl (C=O) groups excluding carboxylic acids is 1. The van der Waals surface area contributed by atoms with Crippen LogP contribution in [0.3, 0.4) is 0 Å². The first kappa shape index (κ1) is 55.2. The average molecular weight is 872 g/mol. The zero-order chi connectivity index (χ0) is 40.2. The van der Waals surface area contributed by atoms with Crippen molar-refractivity contribution in [2.75, 3.05) is 19.8 Å². The molecule has 3 heterocycles. The van der Waals surface area contributed by atoms with Gasteiger partial charge in [-0.3, -0.25) is 4.79 Å². The van der Waals surface area contributed by atoms with Gasteiger partial charge < -0.3 is 56.5 Å². The zero-order valence-electron chi connectivity index (χ0n) is 32.9. The first-order valence-electron chi connectivity index (χ1n) is 18.1. The summed E-state index contributed by atoms with van der Waals surface area (Å²) in [4.78, 5) is 12.4. The molecular formula is C49H57BNaO12. The first-order valence-corrected chi connectivity index (χ1v) is 18.1. The smallest absolute Gasteiger partial charge is 1.00 e. The molecule has 0 saturated heterocycles. The number of fused-ring (bicyclic) bond motifs is 3. The number of aliphatic hydroxyl groups excluding tert-OH is 2. The van der Waals surface area contributed by atoms with E-state index in [1.54, 1.807) is 91.0 Å². The molecule has 0 amide bonds. The molecule has 8 N–H and O–H groups in total. The van der Waals surface area contributed by atoms with E-state index >= 15 is 0 Å². The van der Waals surface area contributed by atoms with Crippen LogP contribution in [0.5, 0.6) is 51.7 Å². The van der Waals surface area contributed by atoms with Crippen molar-refractivity contribution in [3.05, 3.63) is 161 Å². The van der Waals surface area contributed by atoms with Crippen LogP contribution in [0.2, 0.25) is 0 Å². The van der Waals surface area contributed by atoms with Crippen molar-refractivity contribution in [3.8, 4) is 51.7 Å². The van der Waals surface area contributed by atoms with Crippen molar-refractivity contribution < 1.29 is 90.8 Å². The van der Waals surface area contributed by atoms with Gasteiger partial charge in [-0.15, -0.1) is 0 Å². The maximum Gasteiger partial charge on any atom is 1.00 e. The number of phenols is 6. The van der Waals surface area contributed by atoms with Gasteiger partial charge in [-0.2, -0.15) is 0 Å². The number of rotatable bonds is 3. The number of ether oxygens (including phenoxy) is 3. The SMILES string of the molecule is C.C.C.C.O=C1c2ccc(O)cc2OCC1c1ccc(O)cc1.Oc1ccc([C@@H]2COc3cc(O)ccc3[C@@H]2O)cc1.Oc1ccc([C@@H]2COc3cc(O)ccc3[C@H]2O)cc1.[B].[H-].[Na+]. The van der Waals surface area contributed by atoms with Crippen molar-refractivity contribution >= 4 is 14.2 Å². The fraction of sp³-hybridized carbons (Fsp3) is 0.245. The summed E-state index contributed by atoms with van der Waals surface area (Å²) in [6.45, 7) is 0.908. The second-order valence-corrected chi connectivity index (χ2v) is 13.9. The molecule has 0 spiro atoms. The van der Waals surface area contributed by atoms with Crippen LogP contribution < -0.4 is 43.8 Å². The molecular weight excluding hydrogens is 814 g/mol. The Kier molecular flexibility index (Phi) is 21.1. The standard InChI is InChI=1S/2C15H14O4.C15H12O4.4CH4.B.Na.H/c3*16-10-3-1-9(2-4-10)13-8-19-14-7-11(17)5-6-12(14)15(13)18;;;;;;;/h2*1-7,13,15-18H,8H2;1-7,13,16-17H,8H2;4*1H4;;;/q;;;;;;;;+1;-1/t13-,15+;13-,15-;;;;;;;;/m00......../s1. The number of hydrogen-bond acceptors (Lipinski definition) is 12. The number of hydrogen-bond donors (Lipinski definition) is 8. The summed E-state index contributed by atoms with van der Waals surface area (Å²) in [5, 5.41) is 76.8. The maximum absolute atomic E-state index is 12.4. The Balaban J connectivity index is 0.000000882. The van der Waals surface area contributed by atoms with Gasteiger partial charge in [0.2, 0.25) is 0 Å². The molecule has 5 atom stereocenters. The molecule has 329 valence electrons. The Morgan fingerprint density at radius 3 is 1.14 bits per heavy atom. The van der Waals surface area contributed by atoms with Crippen LogP contribution in [0.4, 0.5) is 0 Å². The number of benzene rings is 6. The Labute approximate surface area is 395 Å². The van der Waals surface area contributed by atoms with Crippen LogP contribution in [0.15, 0.2) is 127 Å². The maximum atomic E-state index is 12.4. The van der Waals surface area contributed by atoms with Gasteiger partial charge in [0.25, 0.3) is 0 Å². The average Bonchev–Trinajstić information content (AvgIpc) is 3.20. The van der Waals surface area contributed by atoms with Gasteiger partial charge in [0, 0.05) is 49.6 Å². The fourth-order valence-corrected chi connectivity index (χ4v) is 6.98. The van der Waals surface area contributed by atoms with Crippen molar-refractivity contribution in [3.63, 3.8) is 0 Å². The van der Waals surface area contributed by atoms with Crippen LogP contribution in [0, 0.1) is 0 Å². The van der Waals surface area contributed by atoms with E-state index in [9.17, 15) is 45.6 Å². The Hall–Kier alpha value is -5.83. The molecule has 3 aliphatic rings. The van der Waals surface area contributed by atoms with Gasteiger partial charge >= 0.3 is 29.6 Å². The van der Waals surface area contributed by atoms with E-state index in [2.05, 4.69) is 0 Å². The molecule has 6 aromatic carbocycles. The summed E-state index contributed by atoms with van der Waals surface area (Å²) in [6, 6.07) is 33.9. The van der Waals surface area contributed by atoms with Gasteiger partial charge in [-0.25, -0.2) is 0 Å². The van der Waals surface area contributed by atoms with Gasteiger partial charge in [0.05, 0.1) is 36.9 Å². The number of aliphatic hydroxyl groups is 2. The summed E-state index contributed by atoms with van der Waals surface area (Å²) < 4.78 is 16.7. The number of phenolic OH excluding ortho intramolecular Hbond substituents is 6. The second kappa shape index (κ2) is 24.1. The quantitative estimate of drug-likeness (QED) is 0.0917. The summed E-state index contributed by atoms with van der Waals surface area (Å²) in [7, 11) is 0. The molecule has 0 aliphatic carbocycles. The number of aromatic hydroxyl groups is 6. The summed E-state index contributed by atoms with van der Waals surface area (Å²) in [5.41, 5.74) is 4.43. The molecule has 12 nitrogen and oxygen atoms in total. The largest absolute Gasteiger partial charge is 1.00 e. The van der Waals surface area contributed by atoms with Crippen LogP contribution in [-0.4, -0.2) is 74.9 Å². The Morgan fingerprint density at radius 2 is 0.746 bits per heavy atom. The van der Waals surface area contributed by atoms with Gasteiger partial charge in [0.15, 0.2) is 5.78 Å². The molecule has 0 saturated carbocycles. The topological polar surface area (TPSA) is 207 Å².